The highest BCUT2D eigenvalue weighted by Gasteiger charge is 2.22. The smallest absolute Gasteiger partial charge is 0.258 e. The second-order valence-corrected chi connectivity index (χ2v) is 7.76. The van der Waals surface area contributed by atoms with Crippen molar-refractivity contribution in [2.24, 2.45) is 0 Å². The molecule has 1 aliphatic rings. The van der Waals surface area contributed by atoms with Crippen molar-refractivity contribution in [3.63, 3.8) is 0 Å². The number of imidazole rings is 1. The molecule has 0 spiro atoms. The average molecular weight is 380 g/mol. The van der Waals surface area contributed by atoms with E-state index in [1.807, 2.05) is 30.6 Å². The average Bonchev–Trinajstić information content (AvgIpc) is 3.01. The first-order chi connectivity index (χ1) is 13.5. The molecule has 1 aromatic carbocycles. The SMILES string of the molecule is Cc1ncn(C[C@@H](C)N2CCN(Cc3nc4ccccc4c(=O)[nH]3)CC2)c1C. The second-order valence-electron chi connectivity index (χ2n) is 7.76. The Morgan fingerprint density at radius 3 is 2.61 bits per heavy atom. The molecule has 28 heavy (non-hydrogen) atoms. The number of aromatic amines is 1. The summed E-state index contributed by atoms with van der Waals surface area (Å²) >= 11 is 0. The van der Waals surface area contributed by atoms with Crippen molar-refractivity contribution >= 4 is 10.9 Å². The molecule has 3 aromatic rings. The van der Waals surface area contributed by atoms with E-state index in [1.165, 1.54) is 5.69 Å². The highest BCUT2D eigenvalue weighted by atomic mass is 16.1. The van der Waals surface area contributed by atoms with Crippen LogP contribution in [0.1, 0.15) is 24.1 Å². The van der Waals surface area contributed by atoms with Gasteiger partial charge in [0.1, 0.15) is 5.82 Å². The largest absolute Gasteiger partial charge is 0.333 e. The molecule has 0 radical (unpaired) electrons. The van der Waals surface area contributed by atoms with Gasteiger partial charge >= 0.3 is 0 Å². The van der Waals surface area contributed by atoms with Gasteiger partial charge in [-0.3, -0.25) is 14.6 Å². The van der Waals surface area contributed by atoms with E-state index in [1.54, 1.807) is 0 Å². The lowest BCUT2D eigenvalue weighted by Crippen LogP contribution is -2.50. The predicted octanol–water partition coefficient (Wildman–Crippen LogP) is 1.94. The molecule has 0 aliphatic carbocycles. The van der Waals surface area contributed by atoms with Gasteiger partial charge < -0.3 is 9.55 Å². The predicted molar refractivity (Wildman–Crippen MR) is 110 cm³/mol. The second kappa shape index (κ2) is 7.85. The molecule has 7 nitrogen and oxygen atoms in total. The van der Waals surface area contributed by atoms with Crippen molar-refractivity contribution in [1.29, 1.82) is 0 Å². The minimum Gasteiger partial charge on any atom is -0.333 e. The minimum atomic E-state index is -0.0566. The standard InChI is InChI=1S/C21H28N6O/c1-15(12-27-14-22-16(2)17(27)3)26-10-8-25(9-11-26)13-20-23-19-7-5-4-6-18(19)21(28)24-20/h4-7,14-15H,8-13H2,1-3H3,(H,23,24,28)/t15-/m1/s1. The van der Waals surface area contributed by atoms with E-state index in [0.29, 0.717) is 18.0 Å². The molecular weight excluding hydrogens is 352 g/mol. The van der Waals surface area contributed by atoms with Crippen LogP contribution in [0.3, 0.4) is 0 Å². The molecule has 0 unspecified atom stereocenters. The lowest BCUT2D eigenvalue weighted by atomic mass is 10.2. The number of H-pyrrole nitrogens is 1. The summed E-state index contributed by atoms with van der Waals surface area (Å²) in [6.07, 6.45) is 1.94. The maximum absolute atomic E-state index is 12.3. The third-order valence-corrected chi connectivity index (χ3v) is 5.87. The molecule has 1 N–H and O–H groups in total. The third-order valence-electron chi connectivity index (χ3n) is 5.87. The van der Waals surface area contributed by atoms with E-state index >= 15 is 0 Å². The molecule has 4 rings (SSSR count). The highest BCUT2D eigenvalue weighted by molar-refractivity contribution is 5.77. The Labute approximate surface area is 165 Å². The molecule has 2 aromatic heterocycles. The summed E-state index contributed by atoms with van der Waals surface area (Å²) in [5, 5.41) is 0.648. The number of benzene rings is 1. The van der Waals surface area contributed by atoms with Crippen LogP contribution in [0.2, 0.25) is 0 Å². The van der Waals surface area contributed by atoms with Gasteiger partial charge in [-0.1, -0.05) is 12.1 Å². The van der Waals surface area contributed by atoms with Crippen LogP contribution < -0.4 is 5.56 Å². The molecule has 1 saturated heterocycles. The highest BCUT2D eigenvalue weighted by Crippen LogP contribution is 2.13. The molecule has 7 heteroatoms. The van der Waals surface area contributed by atoms with Crippen molar-refractivity contribution in [2.45, 2.75) is 39.9 Å². The molecule has 3 heterocycles. The number of nitrogens with zero attached hydrogens (tertiary/aromatic N) is 5. The van der Waals surface area contributed by atoms with Crippen molar-refractivity contribution < 1.29 is 0 Å². The molecule has 1 aliphatic heterocycles. The minimum absolute atomic E-state index is 0.0566. The normalized spacial score (nSPS) is 17.2. The molecule has 0 saturated carbocycles. The van der Waals surface area contributed by atoms with Crippen LogP contribution in [0.5, 0.6) is 0 Å². The number of para-hydroxylation sites is 1. The Kier molecular flexibility index (Phi) is 5.28. The summed E-state index contributed by atoms with van der Waals surface area (Å²) < 4.78 is 2.25. The number of aromatic nitrogens is 4. The summed E-state index contributed by atoms with van der Waals surface area (Å²) in [6, 6.07) is 7.96. The molecule has 0 bridgehead atoms. The van der Waals surface area contributed by atoms with E-state index in [-0.39, 0.29) is 5.56 Å². The molecule has 148 valence electrons. The van der Waals surface area contributed by atoms with E-state index < -0.39 is 0 Å². The molecule has 0 amide bonds. The van der Waals surface area contributed by atoms with Gasteiger partial charge in [0.15, 0.2) is 0 Å². The maximum atomic E-state index is 12.3. The topological polar surface area (TPSA) is 70.1 Å². The van der Waals surface area contributed by atoms with Crippen LogP contribution in [-0.4, -0.2) is 61.5 Å². The van der Waals surface area contributed by atoms with Gasteiger partial charge in [0.05, 0.1) is 29.5 Å². The van der Waals surface area contributed by atoms with Gasteiger partial charge in [-0.25, -0.2) is 9.97 Å². The van der Waals surface area contributed by atoms with Crippen molar-refractivity contribution in [3.05, 3.63) is 58.2 Å². The third kappa shape index (κ3) is 3.86. The number of hydrogen-bond donors (Lipinski definition) is 1. The molecule has 1 atom stereocenters. The Morgan fingerprint density at radius 1 is 1.14 bits per heavy atom. The van der Waals surface area contributed by atoms with Crippen LogP contribution in [-0.2, 0) is 13.1 Å². The first-order valence-electron chi connectivity index (χ1n) is 9.94. The zero-order valence-electron chi connectivity index (χ0n) is 16.9. The summed E-state index contributed by atoms with van der Waals surface area (Å²) in [5.41, 5.74) is 3.06. The number of piperazine rings is 1. The Balaban J connectivity index is 1.35. The Bertz CT molecular complexity index is 1020. The van der Waals surface area contributed by atoms with Crippen LogP contribution in [0.4, 0.5) is 0 Å². The zero-order chi connectivity index (χ0) is 19.7. The lowest BCUT2D eigenvalue weighted by molar-refractivity contribution is 0.0895. The number of hydrogen-bond acceptors (Lipinski definition) is 5. The van der Waals surface area contributed by atoms with Gasteiger partial charge in [-0.05, 0) is 32.9 Å². The van der Waals surface area contributed by atoms with Gasteiger partial charge in [0.25, 0.3) is 5.56 Å². The first kappa shape index (κ1) is 18.8. The van der Waals surface area contributed by atoms with Crippen molar-refractivity contribution in [3.8, 4) is 0 Å². The summed E-state index contributed by atoms with van der Waals surface area (Å²) in [7, 11) is 0. The maximum Gasteiger partial charge on any atom is 0.258 e. The van der Waals surface area contributed by atoms with Gasteiger partial charge in [-0.15, -0.1) is 0 Å². The fourth-order valence-electron chi connectivity index (χ4n) is 3.91. The van der Waals surface area contributed by atoms with Crippen LogP contribution in [0.25, 0.3) is 10.9 Å². The van der Waals surface area contributed by atoms with E-state index in [0.717, 1.165) is 49.8 Å². The lowest BCUT2D eigenvalue weighted by Gasteiger charge is -2.38. The van der Waals surface area contributed by atoms with E-state index in [2.05, 4.69) is 50.1 Å². The Hall–Kier alpha value is -2.51. The number of nitrogens with one attached hydrogen (secondary N) is 1. The number of fused-ring (bicyclic) bond motifs is 1. The summed E-state index contributed by atoms with van der Waals surface area (Å²) in [5.74, 6) is 0.745. The van der Waals surface area contributed by atoms with Crippen molar-refractivity contribution in [2.75, 3.05) is 26.2 Å². The first-order valence-corrected chi connectivity index (χ1v) is 9.94. The fourth-order valence-corrected chi connectivity index (χ4v) is 3.91. The molecule has 1 fully saturated rings. The van der Waals surface area contributed by atoms with Gasteiger partial charge in [-0.2, -0.15) is 0 Å². The zero-order valence-corrected chi connectivity index (χ0v) is 16.9. The van der Waals surface area contributed by atoms with Crippen LogP contribution in [0, 0.1) is 13.8 Å². The van der Waals surface area contributed by atoms with Gasteiger partial charge in [0, 0.05) is 44.5 Å². The van der Waals surface area contributed by atoms with Gasteiger partial charge in [0.2, 0.25) is 0 Å². The van der Waals surface area contributed by atoms with E-state index in [4.69, 9.17) is 0 Å². The Morgan fingerprint density at radius 2 is 1.89 bits per heavy atom. The van der Waals surface area contributed by atoms with E-state index in [9.17, 15) is 4.79 Å². The number of rotatable bonds is 5. The monoisotopic (exact) mass is 380 g/mol. The fraction of sp³-hybridized carbons (Fsp3) is 0.476. The van der Waals surface area contributed by atoms with Crippen LogP contribution >= 0.6 is 0 Å². The number of aryl methyl sites for hydroxylation is 1. The van der Waals surface area contributed by atoms with Crippen LogP contribution in [0.15, 0.2) is 35.4 Å². The quantitative estimate of drug-likeness (QED) is 0.733. The molecular formula is C21H28N6O. The summed E-state index contributed by atoms with van der Waals surface area (Å²) in [6.45, 7) is 12.1. The van der Waals surface area contributed by atoms with Crippen molar-refractivity contribution in [1.82, 2.24) is 29.3 Å². The summed E-state index contributed by atoms with van der Waals surface area (Å²) in [4.78, 5) is 29.1.